The van der Waals surface area contributed by atoms with Gasteiger partial charge in [0.25, 0.3) is 0 Å². The third kappa shape index (κ3) is 6.48. The van der Waals surface area contributed by atoms with Crippen LogP contribution in [0.5, 0.6) is 5.75 Å². The van der Waals surface area contributed by atoms with Gasteiger partial charge in [-0.05, 0) is 86.4 Å². The van der Waals surface area contributed by atoms with Crippen molar-refractivity contribution in [2.24, 2.45) is 17.8 Å². The number of likely N-dealkylation sites (tertiary alicyclic amines) is 1. The summed E-state index contributed by atoms with van der Waals surface area (Å²) in [5.41, 5.74) is 1.70. The molecule has 2 aromatic rings. The van der Waals surface area contributed by atoms with Gasteiger partial charge in [-0.3, -0.25) is 9.78 Å². The summed E-state index contributed by atoms with van der Waals surface area (Å²) < 4.78 is 5.36. The minimum Gasteiger partial charge on any atom is -0.497 e. The summed E-state index contributed by atoms with van der Waals surface area (Å²) in [6.07, 6.45) is 11.9. The number of ether oxygens (including phenoxy) is 1. The Bertz CT molecular complexity index is 943. The number of pyridine rings is 1. The molecule has 6 nitrogen and oxygen atoms in total. The molecule has 1 aliphatic heterocycles. The van der Waals surface area contributed by atoms with Crippen molar-refractivity contribution in [2.45, 2.75) is 70.3 Å². The van der Waals surface area contributed by atoms with Crippen molar-refractivity contribution in [2.75, 3.05) is 26.7 Å². The second-order valence-corrected chi connectivity index (χ2v) is 10.4. The average molecular weight is 469 g/mol. The van der Waals surface area contributed by atoms with Crippen molar-refractivity contribution in [3.63, 3.8) is 0 Å². The van der Waals surface area contributed by atoms with Crippen LogP contribution in [0.3, 0.4) is 0 Å². The molecule has 4 rings (SSSR count). The summed E-state index contributed by atoms with van der Waals surface area (Å²) >= 11 is 0. The van der Waals surface area contributed by atoms with Gasteiger partial charge < -0.3 is 19.8 Å². The standard InChI is InChI=1S/C28H40N2O4/c1-34-23-8-9-26-25(18-23)24(11-14-29-26)27(31)10-7-21-13-16-30(19-22(21)17-28(32)33)15-12-20-5-3-2-4-6-20/h8-9,11,14,18,20-22,27,31H,2-7,10,12-13,15-17,19H2,1H3,(H,32,33)/t21-,22+,27+/m1/s1. The number of nitrogens with zero attached hydrogens (tertiary/aromatic N) is 2. The number of carbonyl (C=O) groups is 1. The van der Waals surface area contributed by atoms with Gasteiger partial charge in [-0.15, -0.1) is 0 Å². The zero-order valence-corrected chi connectivity index (χ0v) is 20.5. The van der Waals surface area contributed by atoms with E-state index in [2.05, 4.69) is 9.88 Å². The number of carboxylic acid groups (broad SMARTS) is 1. The molecule has 6 heteroatoms. The predicted molar refractivity (Wildman–Crippen MR) is 134 cm³/mol. The van der Waals surface area contributed by atoms with Gasteiger partial charge in [-0.25, -0.2) is 0 Å². The minimum absolute atomic E-state index is 0.152. The summed E-state index contributed by atoms with van der Waals surface area (Å²) in [5, 5.41) is 21.5. The molecule has 2 aliphatic rings. The van der Waals surface area contributed by atoms with Crippen LogP contribution in [0.1, 0.15) is 75.9 Å². The van der Waals surface area contributed by atoms with Gasteiger partial charge in [0.05, 0.1) is 18.7 Å². The molecule has 1 aromatic heterocycles. The molecule has 2 N–H and O–H groups in total. The van der Waals surface area contributed by atoms with E-state index in [4.69, 9.17) is 4.74 Å². The number of hydrogen-bond donors (Lipinski definition) is 2. The molecule has 3 atom stereocenters. The third-order valence-corrected chi connectivity index (χ3v) is 8.14. The molecule has 2 fully saturated rings. The summed E-state index contributed by atoms with van der Waals surface area (Å²) in [7, 11) is 1.64. The van der Waals surface area contributed by atoms with E-state index in [1.165, 1.54) is 38.5 Å². The first-order chi connectivity index (χ1) is 16.5. The Labute approximate surface area is 203 Å². The lowest BCUT2D eigenvalue weighted by molar-refractivity contribution is -0.139. The van der Waals surface area contributed by atoms with E-state index in [9.17, 15) is 15.0 Å². The fraction of sp³-hybridized carbons (Fsp3) is 0.643. The monoisotopic (exact) mass is 468 g/mol. The van der Waals surface area contributed by atoms with E-state index in [0.29, 0.717) is 12.3 Å². The zero-order valence-electron chi connectivity index (χ0n) is 20.5. The van der Waals surface area contributed by atoms with Gasteiger partial charge in [0.2, 0.25) is 0 Å². The van der Waals surface area contributed by atoms with Gasteiger partial charge in [0.1, 0.15) is 5.75 Å². The Morgan fingerprint density at radius 1 is 1.15 bits per heavy atom. The fourth-order valence-electron chi connectivity index (χ4n) is 6.13. The lowest BCUT2D eigenvalue weighted by atomic mass is 9.79. The average Bonchev–Trinajstić information content (AvgIpc) is 2.86. The van der Waals surface area contributed by atoms with Crippen LogP contribution in [0.4, 0.5) is 0 Å². The molecule has 0 amide bonds. The van der Waals surface area contributed by atoms with Crippen LogP contribution in [0, 0.1) is 17.8 Å². The van der Waals surface area contributed by atoms with Crippen LogP contribution in [-0.2, 0) is 4.79 Å². The Kier molecular flexibility index (Phi) is 8.79. The van der Waals surface area contributed by atoms with Crippen LogP contribution >= 0.6 is 0 Å². The number of rotatable bonds is 10. The number of carboxylic acids is 1. The Balaban J connectivity index is 1.35. The van der Waals surface area contributed by atoms with Crippen LogP contribution in [0.25, 0.3) is 10.9 Å². The lowest BCUT2D eigenvalue weighted by Gasteiger charge is -2.39. The van der Waals surface area contributed by atoms with Gasteiger partial charge in [-0.2, -0.15) is 0 Å². The minimum atomic E-state index is -0.711. The second kappa shape index (κ2) is 12.0. The van der Waals surface area contributed by atoms with Crippen LogP contribution in [-0.4, -0.2) is 52.8 Å². The Morgan fingerprint density at radius 3 is 2.74 bits per heavy atom. The number of aromatic nitrogens is 1. The van der Waals surface area contributed by atoms with Gasteiger partial charge in [-0.1, -0.05) is 32.1 Å². The number of aliphatic hydroxyl groups excluding tert-OH is 1. The first kappa shape index (κ1) is 24.9. The normalized spacial score (nSPS) is 23.1. The van der Waals surface area contributed by atoms with Crippen molar-refractivity contribution in [1.82, 2.24) is 9.88 Å². The molecule has 0 spiro atoms. The molecule has 186 valence electrons. The fourth-order valence-corrected chi connectivity index (χ4v) is 6.13. The second-order valence-electron chi connectivity index (χ2n) is 10.4. The van der Waals surface area contributed by atoms with E-state index in [1.807, 2.05) is 24.3 Å². The summed E-state index contributed by atoms with van der Waals surface area (Å²) in [5.74, 6) is 1.37. The van der Waals surface area contributed by atoms with Crippen LogP contribution in [0.15, 0.2) is 30.5 Å². The van der Waals surface area contributed by atoms with Crippen molar-refractivity contribution in [1.29, 1.82) is 0 Å². The number of benzene rings is 1. The number of piperidine rings is 1. The van der Waals surface area contributed by atoms with E-state index in [0.717, 1.165) is 60.6 Å². The molecule has 1 saturated heterocycles. The van der Waals surface area contributed by atoms with Crippen molar-refractivity contribution in [3.8, 4) is 5.75 Å². The van der Waals surface area contributed by atoms with E-state index in [-0.39, 0.29) is 12.3 Å². The maximum absolute atomic E-state index is 11.6. The first-order valence-corrected chi connectivity index (χ1v) is 13.1. The molecule has 0 bridgehead atoms. The topological polar surface area (TPSA) is 82.9 Å². The highest BCUT2D eigenvalue weighted by Crippen LogP contribution is 2.35. The Hall–Kier alpha value is -2.18. The van der Waals surface area contributed by atoms with Crippen LogP contribution < -0.4 is 4.74 Å². The third-order valence-electron chi connectivity index (χ3n) is 8.14. The maximum atomic E-state index is 11.6. The number of fused-ring (bicyclic) bond motifs is 1. The SMILES string of the molecule is COc1ccc2nccc([C@@H](O)CC[C@@H]3CCN(CCC4CCCCC4)C[C@@H]3CC(=O)O)c2c1. The number of methoxy groups -OCH3 is 1. The Morgan fingerprint density at radius 2 is 1.97 bits per heavy atom. The zero-order chi connectivity index (χ0) is 23.9. The lowest BCUT2D eigenvalue weighted by Crippen LogP contribution is -2.42. The van der Waals surface area contributed by atoms with Crippen molar-refractivity contribution >= 4 is 16.9 Å². The molecule has 1 aliphatic carbocycles. The molecule has 1 saturated carbocycles. The van der Waals surface area contributed by atoms with E-state index >= 15 is 0 Å². The summed E-state index contributed by atoms with van der Waals surface area (Å²) in [4.78, 5) is 18.5. The highest BCUT2D eigenvalue weighted by Gasteiger charge is 2.31. The van der Waals surface area contributed by atoms with E-state index < -0.39 is 12.1 Å². The molecule has 0 unspecified atom stereocenters. The molecule has 34 heavy (non-hydrogen) atoms. The van der Waals surface area contributed by atoms with Crippen molar-refractivity contribution in [3.05, 3.63) is 36.0 Å². The summed E-state index contributed by atoms with van der Waals surface area (Å²) in [6, 6.07) is 7.61. The smallest absolute Gasteiger partial charge is 0.303 e. The van der Waals surface area contributed by atoms with Gasteiger partial charge >= 0.3 is 5.97 Å². The molecule has 1 aromatic carbocycles. The molecule has 0 radical (unpaired) electrons. The van der Waals surface area contributed by atoms with Crippen molar-refractivity contribution < 1.29 is 19.7 Å². The predicted octanol–water partition coefficient (Wildman–Crippen LogP) is 5.44. The van der Waals surface area contributed by atoms with Gasteiger partial charge in [0.15, 0.2) is 0 Å². The highest BCUT2D eigenvalue weighted by atomic mass is 16.5. The number of aliphatic carboxylic acids is 1. The largest absolute Gasteiger partial charge is 0.497 e. The maximum Gasteiger partial charge on any atom is 0.303 e. The summed E-state index contributed by atoms with van der Waals surface area (Å²) in [6.45, 7) is 3.01. The van der Waals surface area contributed by atoms with E-state index in [1.54, 1.807) is 13.3 Å². The highest BCUT2D eigenvalue weighted by molar-refractivity contribution is 5.83. The molecular formula is C28H40N2O4. The number of hydrogen-bond acceptors (Lipinski definition) is 5. The quantitative estimate of drug-likeness (QED) is 0.483. The molecular weight excluding hydrogens is 428 g/mol. The number of aliphatic hydroxyl groups is 1. The van der Waals surface area contributed by atoms with Gasteiger partial charge in [0, 0.05) is 24.5 Å². The molecule has 2 heterocycles. The van der Waals surface area contributed by atoms with Crippen LogP contribution in [0.2, 0.25) is 0 Å². The first-order valence-electron chi connectivity index (χ1n) is 13.1.